The molecule has 0 saturated carbocycles. The standard InChI is InChI=1S/C12H8N4O/c1-15-11(17)3-2-9-10-6-8(7-13)4-5-16(10)14-12(9)15/h2-6H,1H3. The van der Waals surface area contributed by atoms with Crippen LogP contribution in [0.25, 0.3) is 16.6 Å². The van der Waals surface area contributed by atoms with Crippen molar-refractivity contribution >= 4 is 16.6 Å². The molecule has 0 N–H and O–H groups in total. The van der Waals surface area contributed by atoms with Crippen LogP contribution in [0.15, 0.2) is 35.3 Å². The van der Waals surface area contributed by atoms with E-state index in [0.717, 1.165) is 10.9 Å². The van der Waals surface area contributed by atoms with E-state index in [1.807, 2.05) is 0 Å². The van der Waals surface area contributed by atoms with Crippen LogP contribution in [0, 0.1) is 11.3 Å². The number of hydrogen-bond acceptors (Lipinski definition) is 3. The second-order valence-electron chi connectivity index (χ2n) is 3.82. The fourth-order valence-electron chi connectivity index (χ4n) is 1.90. The lowest BCUT2D eigenvalue weighted by atomic mass is 10.2. The van der Waals surface area contributed by atoms with Crippen molar-refractivity contribution in [1.29, 1.82) is 5.26 Å². The van der Waals surface area contributed by atoms with E-state index in [4.69, 9.17) is 5.26 Å². The Kier molecular flexibility index (Phi) is 1.80. The SMILES string of the molecule is Cn1c(=O)ccc2c1nn1ccc(C#N)cc21. The van der Waals surface area contributed by atoms with E-state index >= 15 is 0 Å². The van der Waals surface area contributed by atoms with Gasteiger partial charge in [-0.2, -0.15) is 5.26 Å². The molecule has 0 bridgehead atoms. The number of aromatic nitrogens is 3. The summed E-state index contributed by atoms with van der Waals surface area (Å²) in [4.78, 5) is 11.5. The van der Waals surface area contributed by atoms with Crippen LogP contribution in [0.3, 0.4) is 0 Å². The smallest absolute Gasteiger partial charge is 0.251 e. The molecule has 0 aliphatic carbocycles. The Bertz CT molecular complexity index is 835. The molecule has 5 nitrogen and oxygen atoms in total. The average molecular weight is 224 g/mol. The van der Waals surface area contributed by atoms with Gasteiger partial charge in [-0.3, -0.25) is 9.36 Å². The Morgan fingerprint density at radius 2 is 2.18 bits per heavy atom. The van der Waals surface area contributed by atoms with Gasteiger partial charge in [0.1, 0.15) is 0 Å². The number of hydrogen-bond donors (Lipinski definition) is 0. The Hall–Kier alpha value is -2.61. The normalized spacial score (nSPS) is 10.8. The van der Waals surface area contributed by atoms with Gasteiger partial charge in [-0.05, 0) is 18.2 Å². The molecule has 0 fully saturated rings. The van der Waals surface area contributed by atoms with Gasteiger partial charge in [0, 0.05) is 24.7 Å². The zero-order valence-corrected chi connectivity index (χ0v) is 9.08. The van der Waals surface area contributed by atoms with Gasteiger partial charge < -0.3 is 0 Å². The molecule has 3 aromatic rings. The molecule has 82 valence electrons. The molecule has 0 aliphatic heterocycles. The number of rotatable bonds is 0. The van der Waals surface area contributed by atoms with E-state index in [0.29, 0.717) is 11.2 Å². The maximum absolute atomic E-state index is 11.5. The first-order valence-electron chi connectivity index (χ1n) is 5.09. The number of aryl methyl sites for hydroxylation is 1. The van der Waals surface area contributed by atoms with Gasteiger partial charge in [-0.25, -0.2) is 4.52 Å². The van der Waals surface area contributed by atoms with Crippen molar-refractivity contribution in [3.05, 3.63) is 46.4 Å². The van der Waals surface area contributed by atoms with E-state index in [9.17, 15) is 4.79 Å². The van der Waals surface area contributed by atoms with Crippen molar-refractivity contribution in [2.75, 3.05) is 0 Å². The molecule has 0 spiro atoms. The van der Waals surface area contributed by atoms with Gasteiger partial charge in [0.15, 0.2) is 5.65 Å². The molecule has 0 aromatic carbocycles. The predicted octanol–water partition coefficient (Wildman–Crippen LogP) is 1.06. The maximum atomic E-state index is 11.5. The van der Waals surface area contributed by atoms with Gasteiger partial charge >= 0.3 is 0 Å². The summed E-state index contributed by atoms with van der Waals surface area (Å²) < 4.78 is 3.17. The van der Waals surface area contributed by atoms with Gasteiger partial charge in [0.2, 0.25) is 0 Å². The molecule has 0 aliphatic rings. The van der Waals surface area contributed by atoms with Crippen molar-refractivity contribution in [1.82, 2.24) is 14.2 Å². The minimum Gasteiger partial charge on any atom is -0.294 e. The second kappa shape index (κ2) is 3.19. The van der Waals surface area contributed by atoms with Crippen LogP contribution in [0.2, 0.25) is 0 Å². The zero-order chi connectivity index (χ0) is 12.0. The predicted molar refractivity (Wildman–Crippen MR) is 62.7 cm³/mol. The first kappa shape index (κ1) is 9.60. The third kappa shape index (κ3) is 1.24. The zero-order valence-electron chi connectivity index (χ0n) is 9.08. The minimum atomic E-state index is -0.0959. The van der Waals surface area contributed by atoms with Gasteiger partial charge in [0.05, 0.1) is 17.1 Å². The van der Waals surface area contributed by atoms with Crippen molar-refractivity contribution in [3.8, 4) is 6.07 Å². The highest BCUT2D eigenvalue weighted by Crippen LogP contribution is 2.18. The first-order valence-corrected chi connectivity index (χ1v) is 5.09. The van der Waals surface area contributed by atoms with Crippen LogP contribution in [0.5, 0.6) is 0 Å². The van der Waals surface area contributed by atoms with E-state index in [2.05, 4.69) is 11.2 Å². The van der Waals surface area contributed by atoms with Crippen LogP contribution in [0.1, 0.15) is 5.56 Å². The molecule has 17 heavy (non-hydrogen) atoms. The van der Waals surface area contributed by atoms with Crippen LogP contribution in [-0.4, -0.2) is 14.2 Å². The third-order valence-corrected chi connectivity index (χ3v) is 2.82. The van der Waals surface area contributed by atoms with Crippen molar-refractivity contribution in [2.24, 2.45) is 7.05 Å². The number of nitriles is 1. The van der Waals surface area contributed by atoms with Crippen LogP contribution >= 0.6 is 0 Å². The van der Waals surface area contributed by atoms with Crippen LogP contribution in [-0.2, 0) is 7.05 Å². The molecule has 0 unspecified atom stereocenters. The lowest BCUT2D eigenvalue weighted by Gasteiger charge is -1.95. The van der Waals surface area contributed by atoms with E-state index in [-0.39, 0.29) is 5.56 Å². The fourth-order valence-corrected chi connectivity index (χ4v) is 1.90. The summed E-state index contributed by atoms with van der Waals surface area (Å²) in [6.45, 7) is 0. The lowest BCUT2D eigenvalue weighted by Crippen LogP contribution is -2.14. The first-order chi connectivity index (χ1) is 8.20. The van der Waals surface area contributed by atoms with Crippen molar-refractivity contribution in [3.63, 3.8) is 0 Å². The molecule has 3 aromatic heterocycles. The summed E-state index contributed by atoms with van der Waals surface area (Å²) >= 11 is 0. The Morgan fingerprint density at radius 1 is 1.35 bits per heavy atom. The van der Waals surface area contributed by atoms with E-state index in [1.54, 1.807) is 36.0 Å². The molecule has 3 heterocycles. The lowest BCUT2D eigenvalue weighted by molar-refractivity contribution is 0.861. The molecule has 3 rings (SSSR count). The highest BCUT2D eigenvalue weighted by atomic mass is 16.1. The highest BCUT2D eigenvalue weighted by Gasteiger charge is 2.08. The van der Waals surface area contributed by atoms with Crippen molar-refractivity contribution in [2.45, 2.75) is 0 Å². The summed E-state index contributed by atoms with van der Waals surface area (Å²) in [5, 5.41) is 14.1. The Labute approximate surface area is 96.1 Å². The van der Waals surface area contributed by atoms with Crippen molar-refractivity contribution < 1.29 is 0 Å². The minimum absolute atomic E-state index is 0.0959. The summed E-state index contributed by atoms with van der Waals surface area (Å²) in [5.74, 6) is 0. The molecular formula is C12H8N4O. The number of fused-ring (bicyclic) bond motifs is 3. The molecule has 0 saturated heterocycles. The third-order valence-electron chi connectivity index (χ3n) is 2.82. The van der Waals surface area contributed by atoms with Gasteiger partial charge in [-0.15, -0.1) is 5.10 Å². The topological polar surface area (TPSA) is 63.1 Å². The second-order valence-corrected chi connectivity index (χ2v) is 3.82. The molecule has 5 heteroatoms. The fraction of sp³-hybridized carbons (Fsp3) is 0.0833. The van der Waals surface area contributed by atoms with Crippen LogP contribution in [0.4, 0.5) is 0 Å². The molecule has 0 radical (unpaired) electrons. The summed E-state index contributed by atoms with van der Waals surface area (Å²) in [6.07, 6.45) is 1.72. The highest BCUT2D eigenvalue weighted by molar-refractivity contribution is 5.92. The summed E-state index contributed by atoms with van der Waals surface area (Å²) in [7, 11) is 1.68. The number of nitrogens with zero attached hydrogens (tertiary/aromatic N) is 4. The summed E-state index contributed by atoms with van der Waals surface area (Å²) in [5.41, 5.74) is 1.93. The quantitative estimate of drug-likeness (QED) is 0.573. The molecular weight excluding hydrogens is 216 g/mol. The van der Waals surface area contributed by atoms with Gasteiger partial charge in [-0.1, -0.05) is 0 Å². The van der Waals surface area contributed by atoms with Crippen LogP contribution < -0.4 is 5.56 Å². The van der Waals surface area contributed by atoms with Gasteiger partial charge in [0.25, 0.3) is 5.56 Å². The summed E-state index contributed by atoms with van der Waals surface area (Å²) in [6, 6.07) is 8.79. The Morgan fingerprint density at radius 3 is 2.94 bits per heavy atom. The van der Waals surface area contributed by atoms with E-state index in [1.165, 1.54) is 10.6 Å². The largest absolute Gasteiger partial charge is 0.294 e. The molecule has 0 amide bonds. The monoisotopic (exact) mass is 224 g/mol. The number of pyridine rings is 2. The maximum Gasteiger partial charge on any atom is 0.251 e. The van der Waals surface area contributed by atoms with E-state index < -0.39 is 0 Å². The average Bonchev–Trinajstić information content (AvgIpc) is 2.72. The molecule has 0 atom stereocenters. The Balaban J connectivity index is 2.56.